The molecule has 0 aromatic heterocycles. The Bertz CT molecular complexity index is 793. The van der Waals surface area contributed by atoms with Crippen molar-refractivity contribution in [1.29, 1.82) is 0 Å². The molecule has 1 aromatic carbocycles. The van der Waals surface area contributed by atoms with E-state index in [1.54, 1.807) is 7.11 Å². The smallest absolute Gasteiger partial charge is 0.232 e. The summed E-state index contributed by atoms with van der Waals surface area (Å²) >= 11 is 0. The van der Waals surface area contributed by atoms with Crippen LogP contribution in [-0.2, 0) is 19.7 Å². The Morgan fingerprint density at radius 3 is 2.81 bits per heavy atom. The fraction of sp³-hybridized carbons (Fsp3) is 0.667. The number of hydrogen-bond donors (Lipinski definition) is 1. The van der Waals surface area contributed by atoms with E-state index in [0.29, 0.717) is 38.6 Å². The van der Waals surface area contributed by atoms with Gasteiger partial charge in [0.25, 0.3) is 0 Å². The van der Waals surface area contributed by atoms with Crippen molar-refractivity contribution in [3.05, 3.63) is 29.8 Å². The maximum Gasteiger partial charge on any atom is 0.232 e. The van der Waals surface area contributed by atoms with Gasteiger partial charge in [0.15, 0.2) is 0 Å². The van der Waals surface area contributed by atoms with E-state index in [1.165, 1.54) is 0 Å². The number of fused-ring (bicyclic) bond motifs is 1. The molecule has 170 valence electrons. The van der Waals surface area contributed by atoms with Crippen molar-refractivity contribution in [1.82, 2.24) is 15.1 Å². The molecule has 3 saturated heterocycles. The number of amides is 2. The van der Waals surface area contributed by atoms with Gasteiger partial charge in [0.05, 0.1) is 18.6 Å². The van der Waals surface area contributed by atoms with E-state index in [2.05, 4.69) is 17.3 Å². The number of nitrogens with zero attached hydrogens (tertiary/aromatic N) is 2. The van der Waals surface area contributed by atoms with Crippen LogP contribution in [0.15, 0.2) is 24.3 Å². The summed E-state index contributed by atoms with van der Waals surface area (Å²) in [5.74, 6) is 0.894. The van der Waals surface area contributed by atoms with Gasteiger partial charge >= 0.3 is 0 Å². The molecule has 3 fully saturated rings. The van der Waals surface area contributed by atoms with E-state index in [4.69, 9.17) is 9.47 Å². The molecule has 0 radical (unpaired) electrons. The van der Waals surface area contributed by atoms with Crippen LogP contribution in [0, 0.1) is 0 Å². The quantitative estimate of drug-likeness (QED) is 0.640. The molecule has 31 heavy (non-hydrogen) atoms. The highest BCUT2D eigenvalue weighted by molar-refractivity contribution is 5.91. The van der Waals surface area contributed by atoms with Gasteiger partial charge in [-0.3, -0.25) is 9.59 Å². The predicted molar refractivity (Wildman–Crippen MR) is 118 cm³/mol. The minimum absolute atomic E-state index is 0.00208. The summed E-state index contributed by atoms with van der Waals surface area (Å²) < 4.78 is 11.4. The summed E-state index contributed by atoms with van der Waals surface area (Å²) in [5, 5.41) is 3.14. The lowest BCUT2D eigenvalue weighted by molar-refractivity contribution is -0.129. The summed E-state index contributed by atoms with van der Waals surface area (Å²) in [5.41, 5.74) is 0.207. The number of hydrogen-bond acceptors (Lipinski definition) is 5. The first-order valence-corrected chi connectivity index (χ1v) is 11.5. The lowest BCUT2D eigenvalue weighted by atomic mass is 9.76. The lowest BCUT2D eigenvalue weighted by Gasteiger charge is -2.30. The van der Waals surface area contributed by atoms with E-state index in [0.717, 1.165) is 50.1 Å². The molecular formula is C24H35N3O4. The largest absolute Gasteiger partial charge is 0.497 e. The molecule has 4 rings (SSSR count). The normalized spacial score (nSPS) is 26.8. The number of likely N-dealkylation sites (tertiary alicyclic amines) is 1. The standard InChI is InChI=1S/C24H35N3O4/c1-26-12-9-20(10-13-26)31-14-4-11-25-23(29)24(18-5-3-6-21(15-18)30-2)16-19-7-8-22(28)27(19)17-24/h3,5-6,15,19-20H,4,7-14,16-17H2,1-2H3,(H,25,29). The van der Waals surface area contributed by atoms with E-state index in [-0.39, 0.29) is 17.9 Å². The van der Waals surface area contributed by atoms with Crippen molar-refractivity contribution >= 4 is 11.8 Å². The van der Waals surface area contributed by atoms with Crippen molar-refractivity contribution < 1.29 is 19.1 Å². The second-order valence-corrected chi connectivity index (χ2v) is 9.22. The summed E-state index contributed by atoms with van der Waals surface area (Å²) in [7, 11) is 3.78. The first-order chi connectivity index (χ1) is 15.0. The van der Waals surface area contributed by atoms with Gasteiger partial charge in [0.1, 0.15) is 5.75 Å². The number of nitrogens with one attached hydrogen (secondary N) is 1. The van der Waals surface area contributed by atoms with Gasteiger partial charge in [-0.15, -0.1) is 0 Å². The zero-order valence-electron chi connectivity index (χ0n) is 18.8. The molecule has 0 aliphatic carbocycles. The van der Waals surface area contributed by atoms with Gasteiger partial charge in [0.2, 0.25) is 11.8 Å². The Hall–Kier alpha value is -2.12. The zero-order chi connectivity index (χ0) is 21.8. The van der Waals surface area contributed by atoms with Crippen LogP contribution in [0.4, 0.5) is 0 Å². The molecule has 1 N–H and O–H groups in total. The Labute approximate surface area is 185 Å². The Morgan fingerprint density at radius 1 is 1.26 bits per heavy atom. The molecule has 7 heteroatoms. The number of piperidine rings is 1. The monoisotopic (exact) mass is 429 g/mol. The second-order valence-electron chi connectivity index (χ2n) is 9.22. The predicted octanol–water partition coefficient (Wildman–Crippen LogP) is 1.94. The third-order valence-electron chi connectivity index (χ3n) is 7.16. The average Bonchev–Trinajstić information content (AvgIpc) is 3.34. The zero-order valence-corrected chi connectivity index (χ0v) is 18.8. The summed E-state index contributed by atoms with van der Waals surface area (Å²) in [6.07, 6.45) is 5.38. The van der Waals surface area contributed by atoms with E-state index in [1.807, 2.05) is 29.2 Å². The summed E-state index contributed by atoms with van der Waals surface area (Å²) in [6.45, 7) is 3.85. The Kier molecular flexibility index (Phi) is 6.82. The number of ether oxygens (including phenoxy) is 2. The van der Waals surface area contributed by atoms with Gasteiger partial charge in [-0.2, -0.15) is 0 Å². The van der Waals surface area contributed by atoms with E-state index in [9.17, 15) is 9.59 Å². The van der Waals surface area contributed by atoms with Gasteiger partial charge in [-0.25, -0.2) is 0 Å². The van der Waals surface area contributed by atoms with Crippen molar-refractivity contribution in [2.45, 2.75) is 56.1 Å². The molecule has 0 saturated carbocycles. The fourth-order valence-electron chi connectivity index (χ4n) is 5.25. The molecule has 2 unspecified atom stereocenters. The number of carbonyl (C=O) groups is 2. The van der Waals surface area contributed by atoms with Crippen molar-refractivity contribution in [2.24, 2.45) is 0 Å². The average molecular weight is 430 g/mol. The Morgan fingerprint density at radius 2 is 2.06 bits per heavy atom. The third-order valence-corrected chi connectivity index (χ3v) is 7.16. The maximum atomic E-state index is 13.5. The minimum Gasteiger partial charge on any atom is -0.497 e. The highest BCUT2D eigenvalue weighted by atomic mass is 16.5. The first kappa shape index (κ1) is 22.1. The van der Waals surface area contributed by atoms with Crippen LogP contribution in [0.3, 0.4) is 0 Å². The van der Waals surface area contributed by atoms with E-state index < -0.39 is 5.41 Å². The number of methoxy groups -OCH3 is 1. The Balaban J connectivity index is 1.37. The number of carbonyl (C=O) groups excluding carboxylic acids is 2. The molecule has 3 aliphatic rings. The van der Waals surface area contributed by atoms with E-state index >= 15 is 0 Å². The van der Waals surface area contributed by atoms with Crippen LogP contribution in [0.25, 0.3) is 0 Å². The molecule has 0 spiro atoms. The molecule has 0 bridgehead atoms. The van der Waals surface area contributed by atoms with Gasteiger partial charge in [-0.1, -0.05) is 12.1 Å². The van der Waals surface area contributed by atoms with Crippen LogP contribution >= 0.6 is 0 Å². The fourth-order valence-corrected chi connectivity index (χ4v) is 5.25. The van der Waals surface area contributed by atoms with Crippen LogP contribution in [0.1, 0.15) is 44.1 Å². The SMILES string of the molecule is COc1cccc(C2(C(=O)NCCCOC3CCN(C)CC3)CC3CCC(=O)N3C2)c1. The van der Waals surface area contributed by atoms with Gasteiger partial charge < -0.3 is 24.6 Å². The molecule has 2 amide bonds. The third kappa shape index (κ3) is 4.72. The molecule has 3 heterocycles. The van der Waals surface area contributed by atoms with Crippen LogP contribution in [0.2, 0.25) is 0 Å². The number of rotatable bonds is 8. The molecule has 7 nitrogen and oxygen atoms in total. The van der Waals surface area contributed by atoms with Crippen molar-refractivity contribution in [2.75, 3.05) is 46.9 Å². The van der Waals surface area contributed by atoms with Crippen molar-refractivity contribution in [3.8, 4) is 5.75 Å². The second kappa shape index (κ2) is 9.57. The highest BCUT2D eigenvalue weighted by Crippen LogP contribution is 2.43. The topological polar surface area (TPSA) is 71.1 Å². The molecule has 1 aromatic rings. The summed E-state index contributed by atoms with van der Waals surface area (Å²) in [4.78, 5) is 30.0. The van der Waals surface area contributed by atoms with Crippen LogP contribution < -0.4 is 10.1 Å². The maximum absolute atomic E-state index is 13.5. The van der Waals surface area contributed by atoms with Gasteiger partial charge in [0, 0.05) is 45.2 Å². The lowest BCUT2D eigenvalue weighted by Crippen LogP contribution is -2.47. The first-order valence-electron chi connectivity index (χ1n) is 11.5. The summed E-state index contributed by atoms with van der Waals surface area (Å²) in [6, 6.07) is 7.88. The van der Waals surface area contributed by atoms with Crippen LogP contribution in [0.5, 0.6) is 5.75 Å². The molecule has 2 atom stereocenters. The van der Waals surface area contributed by atoms with Crippen molar-refractivity contribution in [3.63, 3.8) is 0 Å². The molecular weight excluding hydrogens is 394 g/mol. The van der Waals surface area contributed by atoms with Gasteiger partial charge in [-0.05, 0) is 56.8 Å². The van der Waals surface area contributed by atoms with Crippen LogP contribution in [-0.4, -0.2) is 80.7 Å². The highest BCUT2D eigenvalue weighted by Gasteiger charge is 2.53. The molecule has 3 aliphatic heterocycles. The number of benzene rings is 1. The minimum atomic E-state index is -0.718.